The molecule has 0 bridgehead atoms. The summed E-state index contributed by atoms with van der Waals surface area (Å²) >= 11 is 0. The Kier molecular flexibility index (Phi) is 7.75. The second-order valence-electron chi connectivity index (χ2n) is 18.1. The zero-order valence-electron chi connectivity index (χ0n) is 35.3. The molecule has 0 aromatic heterocycles. The van der Waals surface area contributed by atoms with E-state index in [0.29, 0.717) is 0 Å². The molecular weight excluding hydrogens is 757 g/mol. The lowest BCUT2D eigenvalue weighted by Crippen LogP contribution is -2.15. The maximum absolute atomic E-state index is 2.48. The van der Waals surface area contributed by atoms with Gasteiger partial charge in [-0.2, -0.15) is 0 Å². The quantitative estimate of drug-likeness (QED) is 0.156. The predicted octanol–water partition coefficient (Wildman–Crippen LogP) is 17.6. The van der Waals surface area contributed by atoms with Crippen molar-refractivity contribution in [3.63, 3.8) is 0 Å². The van der Waals surface area contributed by atoms with Crippen LogP contribution in [0.2, 0.25) is 0 Å². The predicted molar refractivity (Wildman–Crippen MR) is 271 cm³/mol. The molecule has 12 aromatic rings. The Morgan fingerprint density at radius 2 is 0.619 bits per heavy atom. The third-order valence-corrected chi connectivity index (χ3v) is 14.2. The van der Waals surface area contributed by atoms with Crippen LogP contribution in [-0.2, 0) is 5.41 Å². The summed E-state index contributed by atoms with van der Waals surface area (Å²) in [7, 11) is 0. The van der Waals surface area contributed by atoms with Crippen LogP contribution in [0.15, 0.2) is 218 Å². The van der Waals surface area contributed by atoms with Crippen molar-refractivity contribution in [2.45, 2.75) is 19.3 Å². The van der Waals surface area contributed by atoms with Crippen molar-refractivity contribution >= 4 is 64.6 Å². The van der Waals surface area contributed by atoms with Gasteiger partial charge in [0.1, 0.15) is 0 Å². The van der Waals surface area contributed by atoms with Gasteiger partial charge in [-0.25, -0.2) is 0 Å². The summed E-state index contributed by atoms with van der Waals surface area (Å²) in [6.07, 6.45) is 0. The van der Waals surface area contributed by atoms with E-state index in [1.165, 1.54) is 131 Å². The van der Waals surface area contributed by atoms with E-state index in [1.54, 1.807) is 0 Å². The fourth-order valence-electron chi connectivity index (χ4n) is 11.0. The summed E-state index contributed by atoms with van der Waals surface area (Å²) in [5.74, 6) is 0. The standard InChI is InChI=1S/C63H42/c1-63(2)60-36-45(43-25-23-39-13-3-5-15-41(39)31-43)27-29-54(60)55-30-28-46(37-61(55)63)48-33-47(44-26-24-40-14-4-6-16-42(40)32-44)34-49(35-48)58-38-59-52-19-8-7-17-50(52)51-18-9-11-21-56(51)62(59)57-22-12-10-20-53(57)58/h3-38H,1-2H3. The highest BCUT2D eigenvalue weighted by Crippen LogP contribution is 2.51. The molecule has 0 saturated heterocycles. The smallest absolute Gasteiger partial charge is 0.0159 e. The molecule has 1 aliphatic rings. The van der Waals surface area contributed by atoms with Crippen LogP contribution in [0.5, 0.6) is 0 Å². The van der Waals surface area contributed by atoms with Gasteiger partial charge in [0.25, 0.3) is 0 Å². The van der Waals surface area contributed by atoms with Gasteiger partial charge in [-0.3, -0.25) is 0 Å². The van der Waals surface area contributed by atoms with Crippen LogP contribution >= 0.6 is 0 Å². The van der Waals surface area contributed by atoms with E-state index in [1.807, 2.05) is 0 Å². The SMILES string of the molecule is CC1(C)c2cc(-c3cc(-c4ccc5ccccc5c4)cc(-c4cc5c6ccccc6c6ccccc6c5c5ccccc45)c3)ccc2-c2ccc(-c3ccc4ccccc4c3)cc21. The van der Waals surface area contributed by atoms with Crippen LogP contribution < -0.4 is 0 Å². The Hall–Kier alpha value is -7.80. The molecule has 0 unspecified atom stereocenters. The summed E-state index contributed by atoms with van der Waals surface area (Å²) in [5, 5.41) is 15.4. The second kappa shape index (κ2) is 13.6. The minimum absolute atomic E-state index is 0.176. The Morgan fingerprint density at radius 3 is 1.19 bits per heavy atom. The minimum atomic E-state index is -0.176. The van der Waals surface area contributed by atoms with Gasteiger partial charge in [0, 0.05) is 5.41 Å². The first-order valence-corrected chi connectivity index (χ1v) is 22.1. The molecule has 294 valence electrons. The fraction of sp³-hybridized carbons (Fsp3) is 0.0476. The Labute approximate surface area is 367 Å². The van der Waals surface area contributed by atoms with Crippen molar-refractivity contribution in [2.24, 2.45) is 0 Å². The first-order valence-electron chi connectivity index (χ1n) is 22.1. The van der Waals surface area contributed by atoms with Gasteiger partial charge >= 0.3 is 0 Å². The molecule has 0 saturated carbocycles. The van der Waals surface area contributed by atoms with E-state index < -0.39 is 0 Å². The number of fused-ring (bicyclic) bond motifs is 13. The maximum Gasteiger partial charge on any atom is 0.0159 e. The topological polar surface area (TPSA) is 0 Å². The zero-order valence-corrected chi connectivity index (χ0v) is 35.3. The number of hydrogen-bond donors (Lipinski definition) is 0. The molecule has 13 rings (SSSR count). The normalized spacial score (nSPS) is 13.0. The molecule has 0 spiro atoms. The fourth-order valence-corrected chi connectivity index (χ4v) is 11.0. The molecular formula is C63H42. The molecule has 63 heavy (non-hydrogen) atoms. The summed E-state index contributed by atoms with van der Waals surface area (Å²) in [6.45, 7) is 4.80. The van der Waals surface area contributed by atoms with Gasteiger partial charge in [0.05, 0.1) is 0 Å². The van der Waals surface area contributed by atoms with Crippen LogP contribution in [0, 0.1) is 0 Å². The van der Waals surface area contributed by atoms with Gasteiger partial charge < -0.3 is 0 Å². The van der Waals surface area contributed by atoms with Crippen molar-refractivity contribution < 1.29 is 0 Å². The van der Waals surface area contributed by atoms with Crippen molar-refractivity contribution in [3.8, 4) is 55.6 Å². The monoisotopic (exact) mass is 798 g/mol. The van der Waals surface area contributed by atoms with Gasteiger partial charge in [-0.1, -0.05) is 184 Å². The van der Waals surface area contributed by atoms with E-state index >= 15 is 0 Å². The Balaban J connectivity index is 1.01. The van der Waals surface area contributed by atoms with Crippen LogP contribution in [0.3, 0.4) is 0 Å². The molecule has 0 fully saturated rings. The average molecular weight is 799 g/mol. The third kappa shape index (κ3) is 5.54. The molecule has 0 heteroatoms. The molecule has 0 radical (unpaired) electrons. The van der Waals surface area contributed by atoms with E-state index in [9.17, 15) is 0 Å². The number of benzene rings is 12. The highest BCUT2D eigenvalue weighted by atomic mass is 14.4. The number of rotatable bonds is 4. The highest BCUT2D eigenvalue weighted by Gasteiger charge is 2.36. The van der Waals surface area contributed by atoms with E-state index in [4.69, 9.17) is 0 Å². The maximum atomic E-state index is 2.48. The average Bonchev–Trinajstić information content (AvgIpc) is 3.57. The van der Waals surface area contributed by atoms with Gasteiger partial charge in [-0.05, 0) is 180 Å². The Bertz CT molecular complexity index is 3880. The lowest BCUT2D eigenvalue weighted by Gasteiger charge is -2.23. The van der Waals surface area contributed by atoms with E-state index in [-0.39, 0.29) is 5.41 Å². The molecule has 0 heterocycles. The summed E-state index contributed by atoms with van der Waals surface area (Å²) in [5.41, 5.74) is 15.1. The third-order valence-electron chi connectivity index (χ3n) is 14.2. The van der Waals surface area contributed by atoms with Crippen molar-refractivity contribution in [2.75, 3.05) is 0 Å². The van der Waals surface area contributed by atoms with Crippen LogP contribution in [0.4, 0.5) is 0 Å². The van der Waals surface area contributed by atoms with Crippen LogP contribution in [0.25, 0.3) is 120 Å². The first kappa shape index (κ1) is 35.9. The van der Waals surface area contributed by atoms with Crippen molar-refractivity contribution in [1.82, 2.24) is 0 Å². The summed E-state index contributed by atoms with van der Waals surface area (Å²) in [6, 6.07) is 82.0. The Morgan fingerprint density at radius 1 is 0.238 bits per heavy atom. The van der Waals surface area contributed by atoms with Crippen molar-refractivity contribution in [1.29, 1.82) is 0 Å². The molecule has 0 nitrogen and oxygen atoms in total. The zero-order chi connectivity index (χ0) is 41.8. The molecule has 1 aliphatic carbocycles. The van der Waals surface area contributed by atoms with Crippen LogP contribution in [-0.4, -0.2) is 0 Å². The summed E-state index contributed by atoms with van der Waals surface area (Å²) in [4.78, 5) is 0. The lowest BCUT2D eigenvalue weighted by atomic mass is 9.80. The summed E-state index contributed by atoms with van der Waals surface area (Å²) < 4.78 is 0. The van der Waals surface area contributed by atoms with Gasteiger partial charge in [0.2, 0.25) is 0 Å². The van der Waals surface area contributed by atoms with Gasteiger partial charge in [-0.15, -0.1) is 0 Å². The largest absolute Gasteiger partial charge is 0.0616 e. The molecule has 0 amide bonds. The minimum Gasteiger partial charge on any atom is -0.0616 e. The molecule has 0 N–H and O–H groups in total. The first-order chi connectivity index (χ1) is 31.0. The van der Waals surface area contributed by atoms with E-state index in [2.05, 4.69) is 232 Å². The molecule has 0 aliphatic heterocycles. The van der Waals surface area contributed by atoms with Crippen molar-refractivity contribution in [3.05, 3.63) is 230 Å². The molecule has 12 aromatic carbocycles. The van der Waals surface area contributed by atoms with E-state index in [0.717, 1.165) is 0 Å². The van der Waals surface area contributed by atoms with Crippen LogP contribution in [0.1, 0.15) is 25.0 Å². The molecule has 0 atom stereocenters. The van der Waals surface area contributed by atoms with Gasteiger partial charge in [0.15, 0.2) is 0 Å². The lowest BCUT2D eigenvalue weighted by molar-refractivity contribution is 0.661. The number of hydrogen-bond acceptors (Lipinski definition) is 0. The highest BCUT2D eigenvalue weighted by molar-refractivity contribution is 6.33. The second-order valence-corrected chi connectivity index (χ2v) is 18.1.